The molecule has 2 N–H and O–H groups in total. The molecule has 5 heteroatoms. The van der Waals surface area contributed by atoms with Crippen LogP contribution in [0.3, 0.4) is 0 Å². The van der Waals surface area contributed by atoms with E-state index < -0.39 is 0 Å². The molecule has 1 aromatic heterocycles. The fraction of sp³-hybridized carbons (Fsp3) is 0.273. The summed E-state index contributed by atoms with van der Waals surface area (Å²) in [7, 11) is 0. The molecule has 0 aliphatic heterocycles. The Morgan fingerprint density at radius 1 is 1.44 bits per heavy atom. The second-order valence-electron chi connectivity index (χ2n) is 3.57. The van der Waals surface area contributed by atoms with Gasteiger partial charge < -0.3 is 5.73 Å². The average molecular weight is 237 g/mol. The molecule has 0 spiro atoms. The van der Waals surface area contributed by atoms with E-state index in [0.29, 0.717) is 10.7 Å². The number of benzene rings is 1. The molecule has 0 aliphatic carbocycles. The zero-order valence-electron chi connectivity index (χ0n) is 9.02. The van der Waals surface area contributed by atoms with Gasteiger partial charge in [-0.3, -0.25) is 0 Å². The maximum absolute atomic E-state index is 5.92. The highest BCUT2D eigenvalue weighted by atomic mass is 35.5. The molecule has 84 valence electrons. The molecule has 0 radical (unpaired) electrons. The second-order valence-corrected chi connectivity index (χ2v) is 4.01. The predicted octanol–water partition coefficient (Wildman–Crippen LogP) is 2.59. The van der Waals surface area contributed by atoms with E-state index in [2.05, 4.69) is 17.2 Å². The summed E-state index contributed by atoms with van der Waals surface area (Å²) in [5.74, 6) is 0. The molecule has 16 heavy (non-hydrogen) atoms. The Morgan fingerprint density at radius 2 is 2.25 bits per heavy atom. The zero-order valence-corrected chi connectivity index (χ0v) is 9.78. The van der Waals surface area contributed by atoms with Gasteiger partial charge in [-0.25, -0.2) is 4.68 Å². The second kappa shape index (κ2) is 4.53. The third-order valence-electron chi connectivity index (χ3n) is 2.34. The Hall–Kier alpha value is -1.55. The highest BCUT2D eigenvalue weighted by Crippen LogP contribution is 2.27. The van der Waals surface area contributed by atoms with Crippen LogP contribution in [0, 0.1) is 0 Å². The molecule has 2 rings (SSSR count). The number of nitrogen functional groups attached to an aromatic ring is 1. The third kappa shape index (κ3) is 2.02. The van der Waals surface area contributed by atoms with Gasteiger partial charge in [-0.15, -0.1) is 5.10 Å². The normalized spacial score (nSPS) is 10.6. The van der Waals surface area contributed by atoms with Crippen molar-refractivity contribution >= 4 is 17.3 Å². The van der Waals surface area contributed by atoms with Crippen LogP contribution >= 0.6 is 11.6 Å². The maximum Gasteiger partial charge on any atom is 0.0906 e. The van der Waals surface area contributed by atoms with E-state index >= 15 is 0 Å². The van der Waals surface area contributed by atoms with Crippen molar-refractivity contribution in [2.24, 2.45) is 0 Å². The first kappa shape index (κ1) is 11.0. The minimum atomic E-state index is 0.635. The summed E-state index contributed by atoms with van der Waals surface area (Å²) < 4.78 is 1.85. The first-order chi connectivity index (χ1) is 7.72. The Kier molecular flexibility index (Phi) is 3.10. The van der Waals surface area contributed by atoms with Gasteiger partial charge in [0.2, 0.25) is 0 Å². The molecule has 0 saturated carbocycles. The molecule has 0 atom stereocenters. The Bertz CT molecular complexity index is 492. The molecule has 0 saturated heterocycles. The van der Waals surface area contributed by atoms with Crippen molar-refractivity contribution in [1.82, 2.24) is 15.0 Å². The minimum Gasteiger partial charge on any atom is -0.398 e. The van der Waals surface area contributed by atoms with Crippen LogP contribution in [0.1, 0.15) is 13.3 Å². The van der Waals surface area contributed by atoms with Crippen LogP contribution in [0.25, 0.3) is 11.3 Å². The number of anilines is 1. The van der Waals surface area contributed by atoms with E-state index in [9.17, 15) is 0 Å². The van der Waals surface area contributed by atoms with Crippen molar-refractivity contribution in [2.45, 2.75) is 19.9 Å². The number of halogens is 1. The van der Waals surface area contributed by atoms with Gasteiger partial charge in [-0.2, -0.15) is 0 Å². The van der Waals surface area contributed by atoms with E-state index in [4.69, 9.17) is 17.3 Å². The molecule has 0 fully saturated rings. The van der Waals surface area contributed by atoms with Crippen LogP contribution in [0.4, 0.5) is 5.69 Å². The van der Waals surface area contributed by atoms with Crippen LogP contribution in [0.2, 0.25) is 5.02 Å². The largest absolute Gasteiger partial charge is 0.398 e. The molecule has 1 aromatic carbocycles. The summed E-state index contributed by atoms with van der Waals surface area (Å²) in [5, 5.41) is 8.56. The number of rotatable bonds is 3. The summed E-state index contributed by atoms with van der Waals surface area (Å²) in [5.41, 5.74) is 8.42. The monoisotopic (exact) mass is 236 g/mol. The number of hydrogen-bond donors (Lipinski definition) is 1. The Labute approximate surface area is 99.0 Å². The number of hydrogen-bond acceptors (Lipinski definition) is 3. The van der Waals surface area contributed by atoms with Crippen molar-refractivity contribution < 1.29 is 0 Å². The topological polar surface area (TPSA) is 56.7 Å². The highest BCUT2D eigenvalue weighted by molar-refractivity contribution is 6.31. The van der Waals surface area contributed by atoms with Crippen molar-refractivity contribution in [3.05, 3.63) is 29.4 Å². The van der Waals surface area contributed by atoms with Gasteiger partial charge in [-0.05, 0) is 24.6 Å². The Balaban J connectivity index is 2.46. The summed E-state index contributed by atoms with van der Waals surface area (Å²) in [6.07, 6.45) is 2.72. The lowest BCUT2D eigenvalue weighted by Crippen LogP contribution is -2.02. The van der Waals surface area contributed by atoms with Gasteiger partial charge in [0.1, 0.15) is 0 Å². The highest BCUT2D eigenvalue weighted by Gasteiger charge is 2.09. The summed E-state index contributed by atoms with van der Waals surface area (Å²) in [6.45, 7) is 2.92. The van der Waals surface area contributed by atoms with Gasteiger partial charge in [0.25, 0.3) is 0 Å². The lowest BCUT2D eigenvalue weighted by Gasteiger charge is -2.07. The number of nitrogens with zero attached hydrogens (tertiary/aromatic N) is 3. The van der Waals surface area contributed by atoms with Crippen molar-refractivity contribution in [3.8, 4) is 11.3 Å². The molecule has 0 bridgehead atoms. The van der Waals surface area contributed by atoms with Gasteiger partial charge >= 0.3 is 0 Å². The number of aromatic nitrogens is 3. The standard InChI is InChI=1S/C11H13ClN4/c1-2-5-16-11(7-14-15-16)9-4-3-8(12)6-10(9)13/h3-4,6-7H,2,5,13H2,1H3. The van der Waals surface area contributed by atoms with Crippen LogP contribution in [-0.2, 0) is 6.54 Å². The molecule has 2 aromatic rings. The smallest absolute Gasteiger partial charge is 0.0906 e. The zero-order chi connectivity index (χ0) is 11.5. The number of aryl methyl sites for hydroxylation is 1. The first-order valence-electron chi connectivity index (χ1n) is 5.16. The van der Waals surface area contributed by atoms with Crippen LogP contribution < -0.4 is 5.73 Å². The Morgan fingerprint density at radius 3 is 2.94 bits per heavy atom. The summed E-state index contributed by atoms with van der Waals surface area (Å²) >= 11 is 5.86. The fourth-order valence-corrected chi connectivity index (χ4v) is 1.79. The van der Waals surface area contributed by atoms with Crippen LogP contribution in [0.15, 0.2) is 24.4 Å². The molecule has 1 heterocycles. The minimum absolute atomic E-state index is 0.635. The van der Waals surface area contributed by atoms with E-state index in [0.717, 1.165) is 24.2 Å². The lowest BCUT2D eigenvalue weighted by atomic mass is 10.1. The lowest BCUT2D eigenvalue weighted by molar-refractivity contribution is 0.584. The summed E-state index contributed by atoms with van der Waals surface area (Å²) in [4.78, 5) is 0. The fourth-order valence-electron chi connectivity index (χ4n) is 1.61. The van der Waals surface area contributed by atoms with Gasteiger partial charge in [0.15, 0.2) is 0 Å². The molecule has 0 unspecified atom stereocenters. The van der Waals surface area contributed by atoms with Crippen molar-refractivity contribution in [3.63, 3.8) is 0 Å². The molecular weight excluding hydrogens is 224 g/mol. The predicted molar refractivity (Wildman–Crippen MR) is 65.2 cm³/mol. The molecular formula is C11H13ClN4. The van der Waals surface area contributed by atoms with Gasteiger partial charge in [0.05, 0.1) is 11.9 Å². The van der Waals surface area contributed by atoms with Gasteiger partial charge in [0, 0.05) is 22.8 Å². The molecule has 4 nitrogen and oxygen atoms in total. The van der Waals surface area contributed by atoms with Crippen molar-refractivity contribution in [2.75, 3.05) is 5.73 Å². The number of nitrogens with two attached hydrogens (primary N) is 1. The average Bonchev–Trinajstić information content (AvgIpc) is 2.67. The van der Waals surface area contributed by atoms with E-state index in [1.54, 1.807) is 12.3 Å². The van der Waals surface area contributed by atoms with E-state index in [-0.39, 0.29) is 0 Å². The van der Waals surface area contributed by atoms with Crippen LogP contribution in [0.5, 0.6) is 0 Å². The maximum atomic E-state index is 5.92. The summed E-state index contributed by atoms with van der Waals surface area (Å²) in [6, 6.07) is 5.44. The van der Waals surface area contributed by atoms with Gasteiger partial charge in [-0.1, -0.05) is 23.7 Å². The first-order valence-corrected chi connectivity index (χ1v) is 5.54. The SMILES string of the molecule is CCCn1nncc1-c1ccc(Cl)cc1N. The van der Waals surface area contributed by atoms with E-state index in [1.165, 1.54) is 0 Å². The third-order valence-corrected chi connectivity index (χ3v) is 2.58. The quantitative estimate of drug-likeness (QED) is 0.834. The van der Waals surface area contributed by atoms with Crippen LogP contribution in [-0.4, -0.2) is 15.0 Å². The molecule has 0 amide bonds. The van der Waals surface area contributed by atoms with Crippen molar-refractivity contribution in [1.29, 1.82) is 0 Å². The molecule has 0 aliphatic rings. The van der Waals surface area contributed by atoms with E-state index in [1.807, 2.05) is 16.8 Å².